The monoisotopic (exact) mass is 198 g/mol. The van der Waals surface area contributed by atoms with E-state index in [0.29, 0.717) is 0 Å². The van der Waals surface area contributed by atoms with E-state index < -0.39 is 21.0 Å². The second-order valence-electron chi connectivity index (χ2n) is 1.69. The van der Waals surface area contributed by atoms with Crippen LogP contribution >= 0.6 is 0 Å². The fourth-order valence-corrected chi connectivity index (χ4v) is 0.202. The summed E-state index contributed by atoms with van der Waals surface area (Å²) in [7, 11) is -4.61. The van der Waals surface area contributed by atoms with E-state index in [4.69, 9.17) is 19.2 Å². The minimum Gasteiger partial charge on any atom is -0.394 e. The number of esters is 2. The lowest BCUT2D eigenvalue weighted by Crippen LogP contribution is -2.33. The van der Waals surface area contributed by atoms with Gasteiger partial charge in [0.05, 0.1) is 0 Å². The molecule has 72 valence electrons. The van der Waals surface area contributed by atoms with Gasteiger partial charge in [-0.15, -0.1) is 0 Å². The van der Waals surface area contributed by atoms with Gasteiger partial charge in [0.25, 0.3) is 0 Å². The van der Waals surface area contributed by atoms with E-state index in [1.54, 1.807) is 0 Å². The number of carbonyl (C=O) groups excluding carboxylic acids is 2. The first-order chi connectivity index (χ1) is 5.13. The SMILES string of the molecule is CC(=O)OC(C)=O.O[Si](O)(O)O. The summed E-state index contributed by atoms with van der Waals surface area (Å²) in [5.41, 5.74) is 0. The van der Waals surface area contributed by atoms with Crippen molar-refractivity contribution >= 4 is 21.0 Å². The van der Waals surface area contributed by atoms with Crippen LogP contribution in [0, 0.1) is 0 Å². The Labute approximate surface area is 69.3 Å². The smallest absolute Gasteiger partial charge is 0.394 e. The minimum atomic E-state index is -4.61. The average molecular weight is 198 g/mol. The Hall–Kier alpha value is -0.803. The van der Waals surface area contributed by atoms with Gasteiger partial charge in [-0.2, -0.15) is 0 Å². The predicted molar refractivity (Wildman–Crippen MR) is 37.1 cm³/mol. The molecule has 0 radical (unpaired) electrons. The lowest BCUT2D eigenvalue weighted by molar-refractivity contribution is -0.156. The van der Waals surface area contributed by atoms with Gasteiger partial charge in [-0.3, -0.25) is 9.59 Å². The fourth-order valence-electron chi connectivity index (χ4n) is 0.202. The van der Waals surface area contributed by atoms with Gasteiger partial charge in [-0.25, -0.2) is 0 Å². The highest BCUT2D eigenvalue weighted by Gasteiger charge is 2.22. The molecule has 0 aromatic heterocycles. The normalized spacial score (nSPS) is 9.50. The van der Waals surface area contributed by atoms with Crippen LogP contribution in [0.15, 0.2) is 0 Å². The fraction of sp³-hybridized carbons (Fsp3) is 0.500. The predicted octanol–water partition coefficient (Wildman–Crippen LogP) is -2.51. The van der Waals surface area contributed by atoms with Crippen molar-refractivity contribution in [1.82, 2.24) is 0 Å². The zero-order valence-corrected chi connectivity index (χ0v) is 7.51. The van der Waals surface area contributed by atoms with E-state index in [1.807, 2.05) is 0 Å². The highest BCUT2D eigenvalue weighted by Crippen LogP contribution is 1.73. The van der Waals surface area contributed by atoms with E-state index in [2.05, 4.69) is 4.74 Å². The largest absolute Gasteiger partial charge is 0.668 e. The quantitative estimate of drug-likeness (QED) is 0.192. The van der Waals surface area contributed by atoms with Crippen molar-refractivity contribution in [2.45, 2.75) is 13.8 Å². The molecule has 0 atom stereocenters. The molecule has 0 aliphatic heterocycles. The molecule has 0 aliphatic carbocycles. The molecule has 0 aliphatic rings. The summed E-state index contributed by atoms with van der Waals surface area (Å²) in [6.45, 7) is 2.36. The summed E-state index contributed by atoms with van der Waals surface area (Å²) in [5.74, 6) is -1.12. The van der Waals surface area contributed by atoms with Gasteiger partial charge < -0.3 is 23.9 Å². The van der Waals surface area contributed by atoms with Crippen molar-refractivity contribution in [1.29, 1.82) is 0 Å². The maximum absolute atomic E-state index is 9.81. The number of hydrogen-bond donors (Lipinski definition) is 4. The molecule has 0 spiro atoms. The van der Waals surface area contributed by atoms with Crippen molar-refractivity contribution in [3.63, 3.8) is 0 Å². The van der Waals surface area contributed by atoms with Crippen molar-refractivity contribution < 1.29 is 33.5 Å². The first kappa shape index (κ1) is 13.8. The van der Waals surface area contributed by atoms with Gasteiger partial charge in [0.1, 0.15) is 0 Å². The summed E-state index contributed by atoms with van der Waals surface area (Å²) in [4.78, 5) is 48.9. The van der Waals surface area contributed by atoms with Crippen LogP contribution in [0.3, 0.4) is 0 Å². The van der Waals surface area contributed by atoms with Gasteiger partial charge in [0.15, 0.2) is 0 Å². The van der Waals surface area contributed by atoms with E-state index in [0.717, 1.165) is 0 Å². The third kappa shape index (κ3) is 60.5. The Bertz CT molecular complexity index is 141. The third-order valence-electron chi connectivity index (χ3n) is 0.287. The number of hydrogen-bond acceptors (Lipinski definition) is 7. The summed E-state index contributed by atoms with van der Waals surface area (Å²) in [6, 6.07) is 0. The van der Waals surface area contributed by atoms with Gasteiger partial charge >= 0.3 is 21.0 Å². The average Bonchev–Trinajstić information content (AvgIpc) is 1.52. The molecule has 7 nitrogen and oxygen atoms in total. The highest BCUT2D eigenvalue weighted by molar-refractivity contribution is 6.46. The van der Waals surface area contributed by atoms with Crippen LogP contribution in [0.5, 0.6) is 0 Å². The Morgan fingerprint density at radius 3 is 1.17 bits per heavy atom. The Kier molecular flexibility index (Phi) is 6.65. The number of carbonyl (C=O) groups is 2. The molecule has 0 bridgehead atoms. The second kappa shape index (κ2) is 5.80. The van der Waals surface area contributed by atoms with Gasteiger partial charge in [-0.05, 0) is 0 Å². The Balaban J connectivity index is 0. The Morgan fingerprint density at radius 2 is 1.17 bits per heavy atom. The summed E-state index contributed by atoms with van der Waals surface area (Å²) < 4.78 is 3.97. The van der Waals surface area contributed by atoms with Crippen LogP contribution in [0.2, 0.25) is 0 Å². The zero-order chi connectivity index (χ0) is 10.4. The van der Waals surface area contributed by atoms with Crippen LogP contribution in [0.1, 0.15) is 13.8 Å². The molecule has 0 aromatic carbocycles. The van der Waals surface area contributed by atoms with E-state index in [9.17, 15) is 9.59 Å². The third-order valence-corrected chi connectivity index (χ3v) is 0.287. The lowest BCUT2D eigenvalue weighted by Gasteiger charge is -1.91. The van der Waals surface area contributed by atoms with E-state index >= 15 is 0 Å². The van der Waals surface area contributed by atoms with Crippen molar-refractivity contribution in [3.8, 4) is 0 Å². The zero-order valence-electron chi connectivity index (χ0n) is 6.51. The lowest BCUT2D eigenvalue weighted by atomic mass is 10.7. The molecule has 0 saturated carbocycles. The molecular weight excluding hydrogens is 188 g/mol. The molecule has 12 heavy (non-hydrogen) atoms. The first-order valence-electron chi connectivity index (χ1n) is 2.71. The van der Waals surface area contributed by atoms with Crippen LogP contribution in [-0.4, -0.2) is 40.2 Å². The maximum Gasteiger partial charge on any atom is 0.668 e. The molecular formula is C4H10O7Si. The van der Waals surface area contributed by atoms with Gasteiger partial charge in [0.2, 0.25) is 0 Å². The van der Waals surface area contributed by atoms with Gasteiger partial charge in [0, 0.05) is 13.8 Å². The number of ether oxygens (including phenoxy) is 1. The first-order valence-corrected chi connectivity index (χ1v) is 4.50. The standard InChI is InChI=1S/C4H6O3.H4O4Si/c1-3(5)7-4(2)6;1-5(2,3)4/h1-2H3;1-4H. The summed E-state index contributed by atoms with van der Waals surface area (Å²) in [5, 5.41) is 0. The molecule has 0 amide bonds. The molecule has 0 heterocycles. The van der Waals surface area contributed by atoms with Crippen molar-refractivity contribution in [2.75, 3.05) is 0 Å². The molecule has 0 unspecified atom stereocenters. The van der Waals surface area contributed by atoms with Crippen molar-refractivity contribution in [2.24, 2.45) is 0 Å². The molecule has 0 fully saturated rings. The van der Waals surface area contributed by atoms with Gasteiger partial charge in [-0.1, -0.05) is 0 Å². The highest BCUT2D eigenvalue weighted by atomic mass is 28.4. The minimum absolute atomic E-state index is 0.562. The maximum atomic E-state index is 9.81. The molecule has 4 N–H and O–H groups in total. The molecule has 8 heteroatoms. The van der Waals surface area contributed by atoms with Crippen LogP contribution in [0.25, 0.3) is 0 Å². The number of rotatable bonds is 0. The summed E-state index contributed by atoms with van der Waals surface area (Å²) in [6.07, 6.45) is 0. The molecule has 0 rings (SSSR count). The second-order valence-corrected chi connectivity index (χ2v) is 2.89. The topological polar surface area (TPSA) is 124 Å². The molecule has 0 saturated heterocycles. The van der Waals surface area contributed by atoms with Crippen LogP contribution in [-0.2, 0) is 14.3 Å². The Morgan fingerprint density at radius 1 is 1.00 bits per heavy atom. The van der Waals surface area contributed by atoms with Crippen molar-refractivity contribution in [3.05, 3.63) is 0 Å². The summed E-state index contributed by atoms with van der Waals surface area (Å²) >= 11 is 0. The van der Waals surface area contributed by atoms with E-state index in [-0.39, 0.29) is 0 Å². The van der Waals surface area contributed by atoms with Crippen LogP contribution < -0.4 is 0 Å². The molecule has 0 aromatic rings. The van der Waals surface area contributed by atoms with E-state index in [1.165, 1.54) is 13.8 Å². The van der Waals surface area contributed by atoms with Crippen LogP contribution in [0.4, 0.5) is 0 Å².